The summed E-state index contributed by atoms with van der Waals surface area (Å²) in [5.41, 5.74) is 4.81. The molecule has 3 heterocycles. The second-order valence-corrected chi connectivity index (χ2v) is 14.3. The number of ether oxygens (including phenoxy) is 2. The standard InChI is InChI=1S/C36H39N3O4S/c1-35(2,3)44-33-29-19-28(43-23-26-9-7-8-18-37-26)15-17-31(29)39(32(33)20-36(4,5)34(40)41)22-24-10-16-30(38-21-24)25-11-13-27(42-6)14-12-25/h7-19,21H,20,22-23H2,1-6H3,(H,40,41). The Morgan fingerprint density at radius 3 is 2.30 bits per heavy atom. The van der Waals surface area contributed by atoms with E-state index in [2.05, 4.69) is 48.5 Å². The highest BCUT2D eigenvalue weighted by atomic mass is 32.2. The fourth-order valence-corrected chi connectivity index (χ4v) is 6.18. The van der Waals surface area contributed by atoms with Crippen molar-refractivity contribution in [2.75, 3.05) is 7.11 Å². The van der Waals surface area contributed by atoms with E-state index in [0.717, 1.165) is 55.5 Å². The first kappa shape index (κ1) is 31.1. The monoisotopic (exact) mass is 609 g/mol. The molecule has 0 atom stereocenters. The first-order chi connectivity index (χ1) is 20.9. The Balaban J connectivity index is 1.57. The van der Waals surface area contributed by atoms with Crippen molar-refractivity contribution in [2.24, 2.45) is 5.41 Å². The van der Waals surface area contributed by atoms with Gasteiger partial charge in [-0.05, 0) is 80.1 Å². The summed E-state index contributed by atoms with van der Waals surface area (Å²) in [7, 11) is 1.65. The Kier molecular flexibility index (Phi) is 9.02. The molecule has 7 nitrogen and oxygen atoms in total. The summed E-state index contributed by atoms with van der Waals surface area (Å²) in [4.78, 5) is 22.6. The minimum atomic E-state index is -0.964. The number of thioether (sulfide) groups is 1. The fraction of sp³-hybridized carbons (Fsp3) is 0.306. The maximum atomic E-state index is 12.3. The summed E-state index contributed by atoms with van der Waals surface area (Å²) in [5, 5.41) is 11.2. The third kappa shape index (κ3) is 7.25. The summed E-state index contributed by atoms with van der Waals surface area (Å²) < 4.78 is 13.6. The number of carboxylic acid groups (broad SMARTS) is 1. The molecular formula is C36H39N3O4S. The van der Waals surface area contributed by atoms with Crippen molar-refractivity contribution in [3.8, 4) is 22.8 Å². The molecule has 0 amide bonds. The Morgan fingerprint density at radius 2 is 1.68 bits per heavy atom. The van der Waals surface area contributed by atoms with Gasteiger partial charge in [0, 0.05) is 57.2 Å². The van der Waals surface area contributed by atoms with Gasteiger partial charge in [0.25, 0.3) is 0 Å². The topological polar surface area (TPSA) is 86.5 Å². The number of hydrogen-bond donors (Lipinski definition) is 1. The van der Waals surface area contributed by atoms with Gasteiger partial charge in [0.05, 0.1) is 23.9 Å². The van der Waals surface area contributed by atoms with E-state index >= 15 is 0 Å². The van der Waals surface area contributed by atoms with Gasteiger partial charge in [-0.15, -0.1) is 11.8 Å². The summed E-state index contributed by atoms with van der Waals surface area (Å²) >= 11 is 1.76. The number of rotatable bonds is 11. The van der Waals surface area contributed by atoms with E-state index in [1.54, 1.807) is 38.9 Å². The Bertz CT molecular complexity index is 1740. The van der Waals surface area contributed by atoms with Gasteiger partial charge in [-0.1, -0.05) is 32.9 Å². The fourth-order valence-electron chi connectivity index (χ4n) is 4.99. The highest BCUT2D eigenvalue weighted by molar-refractivity contribution is 8.00. The first-order valence-electron chi connectivity index (χ1n) is 14.6. The zero-order valence-electron chi connectivity index (χ0n) is 26.1. The summed E-state index contributed by atoms with van der Waals surface area (Å²) in [6.07, 6.45) is 4.03. The van der Waals surface area contributed by atoms with Gasteiger partial charge in [-0.2, -0.15) is 0 Å². The molecule has 0 radical (unpaired) electrons. The molecule has 0 aliphatic rings. The quantitative estimate of drug-likeness (QED) is 0.151. The van der Waals surface area contributed by atoms with Gasteiger partial charge in [0.1, 0.15) is 18.1 Å². The van der Waals surface area contributed by atoms with Crippen LogP contribution in [0.3, 0.4) is 0 Å². The van der Waals surface area contributed by atoms with Crippen molar-refractivity contribution in [3.63, 3.8) is 0 Å². The predicted molar refractivity (Wildman–Crippen MR) is 177 cm³/mol. The van der Waals surface area contributed by atoms with Gasteiger partial charge in [-0.25, -0.2) is 0 Å². The molecule has 0 unspecified atom stereocenters. The van der Waals surface area contributed by atoms with E-state index in [-0.39, 0.29) is 4.75 Å². The second kappa shape index (κ2) is 12.7. The smallest absolute Gasteiger partial charge is 0.309 e. The minimum absolute atomic E-state index is 0.104. The summed E-state index contributed by atoms with van der Waals surface area (Å²) in [5.74, 6) is 0.715. The molecule has 0 saturated carbocycles. The average molecular weight is 610 g/mol. The van der Waals surface area contributed by atoms with Crippen molar-refractivity contribution in [1.82, 2.24) is 14.5 Å². The van der Waals surface area contributed by atoms with Crippen molar-refractivity contribution in [1.29, 1.82) is 0 Å². The van der Waals surface area contributed by atoms with E-state index in [4.69, 9.17) is 14.5 Å². The maximum absolute atomic E-state index is 12.3. The van der Waals surface area contributed by atoms with Gasteiger partial charge in [0.15, 0.2) is 0 Å². The molecular weight excluding hydrogens is 570 g/mol. The maximum Gasteiger partial charge on any atom is 0.309 e. The molecule has 8 heteroatoms. The molecule has 1 N–H and O–H groups in total. The van der Waals surface area contributed by atoms with Crippen molar-refractivity contribution in [2.45, 2.75) is 63.8 Å². The Labute approximate surface area is 263 Å². The van der Waals surface area contributed by atoms with Crippen LogP contribution in [0.2, 0.25) is 0 Å². The lowest BCUT2D eigenvalue weighted by molar-refractivity contribution is -0.146. The van der Waals surface area contributed by atoms with E-state index in [1.165, 1.54) is 0 Å². The van der Waals surface area contributed by atoms with Gasteiger partial charge < -0.3 is 19.1 Å². The van der Waals surface area contributed by atoms with E-state index in [9.17, 15) is 9.90 Å². The number of hydrogen-bond acceptors (Lipinski definition) is 6. The number of benzene rings is 2. The number of fused-ring (bicyclic) bond motifs is 1. The van der Waals surface area contributed by atoms with E-state index in [0.29, 0.717) is 19.6 Å². The SMILES string of the molecule is COc1ccc(-c2ccc(Cn3c(CC(C)(C)C(=O)O)c(SC(C)(C)C)c4cc(OCc5ccccn5)ccc43)cn2)cc1. The average Bonchev–Trinajstić information content (AvgIpc) is 3.26. The molecule has 0 aliphatic carbocycles. The molecule has 228 valence electrons. The van der Waals surface area contributed by atoms with Crippen LogP contribution in [0.15, 0.2) is 90.1 Å². The summed E-state index contributed by atoms with van der Waals surface area (Å²) in [6.45, 7) is 11.0. The van der Waals surface area contributed by atoms with E-state index < -0.39 is 11.4 Å². The number of carboxylic acids is 1. The third-order valence-corrected chi connectivity index (χ3v) is 8.62. The van der Waals surface area contributed by atoms with Crippen LogP contribution in [0, 0.1) is 5.41 Å². The number of carbonyl (C=O) groups is 1. The highest BCUT2D eigenvalue weighted by Gasteiger charge is 2.33. The minimum Gasteiger partial charge on any atom is -0.497 e. The van der Waals surface area contributed by atoms with Crippen molar-refractivity contribution >= 4 is 28.6 Å². The molecule has 44 heavy (non-hydrogen) atoms. The lowest BCUT2D eigenvalue weighted by Crippen LogP contribution is -2.28. The van der Waals surface area contributed by atoms with Gasteiger partial charge in [-0.3, -0.25) is 14.8 Å². The number of nitrogens with zero attached hydrogens (tertiary/aromatic N) is 3. The Hall–Kier alpha value is -4.30. The molecule has 0 saturated heterocycles. The first-order valence-corrected chi connectivity index (χ1v) is 15.4. The van der Waals surface area contributed by atoms with Crippen LogP contribution < -0.4 is 9.47 Å². The molecule has 2 aromatic carbocycles. The van der Waals surface area contributed by atoms with Gasteiger partial charge >= 0.3 is 5.97 Å². The lowest BCUT2D eigenvalue weighted by atomic mass is 9.88. The zero-order valence-corrected chi connectivity index (χ0v) is 26.9. The molecule has 5 aromatic rings. The van der Waals surface area contributed by atoms with Crippen molar-refractivity contribution in [3.05, 3.63) is 102 Å². The lowest BCUT2D eigenvalue weighted by Gasteiger charge is -2.24. The highest BCUT2D eigenvalue weighted by Crippen LogP contribution is 2.44. The largest absolute Gasteiger partial charge is 0.497 e. The predicted octanol–water partition coefficient (Wildman–Crippen LogP) is 8.28. The molecule has 3 aromatic heterocycles. The van der Waals surface area contributed by atoms with Crippen LogP contribution in [0.5, 0.6) is 11.5 Å². The van der Waals surface area contributed by atoms with Crippen LogP contribution in [-0.2, 0) is 24.4 Å². The molecule has 5 rings (SSSR count). The number of methoxy groups -OCH3 is 1. The van der Waals surface area contributed by atoms with Crippen molar-refractivity contribution < 1.29 is 19.4 Å². The normalized spacial score (nSPS) is 12.0. The molecule has 0 fully saturated rings. The molecule has 0 aliphatic heterocycles. The van der Waals surface area contributed by atoms with Crippen LogP contribution in [0.4, 0.5) is 0 Å². The number of aliphatic carboxylic acids is 1. The summed E-state index contributed by atoms with van der Waals surface area (Å²) in [6, 6.07) is 23.9. The van der Waals surface area contributed by atoms with Crippen LogP contribution in [-0.4, -0.2) is 37.5 Å². The second-order valence-electron chi connectivity index (χ2n) is 12.5. The molecule has 0 bridgehead atoms. The van der Waals surface area contributed by atoms with Crippen LogP contribution in [0.25, 0.3) is 22.2 Å². The number of pyridine rings is 2. The van der Waals surface area contributed by atoms with Crippen LogP contribution >= 0.6 is 11.8 Å². The van der Waals surface area contributed by atoms with Crippen LogP contribution in [0.1, 0.15) is 51.6 Å². The molecule has 0 spiro atoms. The van der Waals surface area contributed by atoms with Gasteiger partial charge in [0.2, 0.25) is 0 Å². The number of aromatic nitrogens is 3. The van der Waals surface area contributed by atoms with E-state index in [1.807, 2.05) is 60.8 Å². The Morgan fingerprint density at radius 1 is 0.932 bits per heavy atom. The zero-order chi connectivity index (χ0) is 31.5. The third-order valence-electron chi connectivity index (χ3n) is 7.35.